The summed E-state index contributed by atoms with van der Waals surface area (Å²) in [5, 5.41) is 11.7. The average molecular weight is 395 g/mol. The molecule has 0 unspecified atom stereocenters. The molecule has 0 saturated carbocycles. The summed E-state index contributed by atoms with van der Waals surface area (Å²) in [5.74, 6) is 0.305. The average Bonchev–Trinajstić information content (AvgIpc) is 3.17. The van der Waals surface area contributed by atoms with E-state index in [9.17, 15) is 4.79 Å². The molecule has 0 spiro atoms. The topological polar surface area (TPSA) is 59.8 Å². The van der Waals surface area contributed by atoms with Crippen molar-refractivity contribution in [3.05, 3.63) is 66.4 Å². The van der Waals surface area contributed by atoms with Gasteiger partial charge in [-0.2, -0.15) is 0 Å². The lowest BCUT2D eigenvalue weighted by molar-refractivity contribution is -0.125. The lowest BCUT2D eigenvalue weighted by Crippen LogP contribution is -2.41. The Hall–Kier alpha value is -2.60. The van der Waals surface area contributed by atoms with E-state index in [0.29, 0.717) is 12.3 Å². The first-order valence-corrected chi connectivity index (χ1v) is 9.94. The summed E-state index contributed by atoms with van der Waals surface area (Å²) < 4.78 is 1.67. The molecule has 3 rings (SSSR count). The SMILES string of the molecule is CC(C)[C@@H](C)NC(=O)[C@H](Cc1ccccc1)n1cc(-c2ccc(S)cc2)nn1. The van der Waals surface area contributed by atoms with Gasteiger partial charge in [0.15, 0.2) is 0 Å². The van der Waals surface area contributed by atoms with Crippen molar-refractivity contribution in [3.8, 4) is 11.3 Å². The van der Waals surface area contributed by atoms with Gasteiger partial charge in [-0.3, -0.25) is 4.79 Å². The number of nitrogens with zero attached hydrogens (tertiary/aromatic N) is 3. The Morgan fingerprint density at radius 2 is 1.75 bits per heavy atom. The van der Waals surface area contributed by atoms with E-state index in [1.807, 2.05) is 67.7 Å². The summed E-state index contributed by atoms with van der Waals surface area (Å²) in [5.41, 5.74) is 2.76. The molecule has 0 aliphatic carbocycles. The smallest absolute Gasteiger partial charge is 0.245 e. The van der Waals surface area contributed by atoms with Gasteiger partial charge < -0.3 is 5.32 Å². The minimum absolute atomic E-state index is 0.0489. The number of carbonyl (C=O) groups excluding carboxylic acids is 1. The molecule has 1 heterocycles. The van der Waals surface area contributed by atoms with Crippen molar-refractivity contribution in [2.75, 3.05) is 0 Å². The van der Waals surface area contributed by atoms with E-state index in [-0.39, 0.29) is 11.9 Å². The fourth-order valence-electron chi connectivity index (χ4n) is 2.82. The number of carbonyl (C=O) groups is 1. The van der Waals surface area contributed by atoms with E-state index >= 15 is 0 Å². The molecule has 1 N–H and O–H groups in total. The maximum atomic E-state index is 13.0. The van der Waals surface area contributed by atoms with Crippen LogP contribution in [0.5, 0.6) is 0 Å². The summed E-state index contributed by atoms with van der Waals surface area (Å²) >= 11 is 4.32. The van der Waals surface area contributed by atoms with Crippen LogP contribution in [0.15, 0.2) is 65.7 Å². The van der Waals surface area contributed by atoms with Crippen LogP contribution in [-0.4, -0.2) is 26.9 Å². The molecule has 0 aliphatic heterocycles. The monoisotopic (exact) mass is 394 g/mol. The Kier molecular flexibility index (Phi) is 6.52. The summed E-state index contributed by atoms with van der Waals surface area (Å²) in [6.07, 6.45) is 2.39. The summed E-state index contributed by atoms with van der Waals surface area (Å²) in [6, 6.07) is 17.3. The van der Waals surface area contributed by atoms with Crippen LogP contribution in [0.1, 0.15) is 32.4 Å². The van der Waals surface area contributed by atoms with Crippen LogP contribution in [0, 0.1) is 5.92 Å². The highest BCUT2D eigenvalue weighted by Crippen LogP contribution is 2.21. The van der Waals surface area contributed by atoms with Crippen LogP contribution in [0.2, 0.25) is 0 Å². The van der Waals surface area contributed by atoms with Crippen molar-refractivity contribution < 1.29 is 4.79 Å². The molecule has 2 atom stereocenters. The van der Waals surface area contributed by atoms with Crippen molar-refractivity contribution >= 4 is 18.5 Å². The zero-order valence-electron chi connectivity index (χ0n) is 16.4. The number of hydrogen-bond donors (Lipinski definition) is 2. The Morgan fingerprint density at radius 3 is 2.39 bits per heavy atom. The number of nitrogens with one attached hydrogen (secondary N) is 1. The van der Waals surface area contributed by atoms with Crippen molar-refractivity contribution in [2.45, 2.75) is 44.2 Å². The number of benzene rings is 2. The largest absolute Gasteiger partial charge is 0.352 e. The number of amides is 1. The van der Waals surface area contributed by atoms with E-state index < -0.39 is 6.04 Å². The van der Waals surface area contributed by atoms with Gasteiger partial charge in [-0.1, -0.05) is 61.5 Å². The maximum Gasteiger partial charge on any atom is 0.245 e. The minimum atomic E-state index is -0.464. The molecule has 2 aromatic carbocycles. The third-order valence-corrected chi connectivity index (χ3v) is 5.24. The number of hydrogen-bond acceptors (Lipinski definition) is 4. The molecule has 0 bridgehead atoms. The fourth-order valence-corrected chi connectivity index (χ4v) is 2.97. The van der Waals surface area contributed by atoms with Crippen molar-refractivity contribution in [3.63, 3.8) is 0 Å². The van der Waals surface area contributed by atoms with Gasteiger partial charge in [0, 0.05) is 22.9 Å². The van der Waals surface area contributed by atoms with Crippen molar-refractivity contribution in [2.24, 2.45) is 5.92 Å². The molecule has 0 aliphatic rings. The normalized spacial score (nSPS) is 13.3. The van der Waals surface area contributed by atoms with Crippen LogP contribution in [0.4, 0.5) is 0 Å². The first-order chi connectivity index (χ1) is 13.4. The molecule has 0 radical (unpaired) electrons. The van der Waals surface area contributed by atoms with Crippen molar-refractivity contribution in [1.82, 2.24) is 20.3 Å². The quantitative estimate of drug-likeness (QED) is 0.591. The molecule has 28 heavy (non-hydrogen) atoms. The standard InChI is InChI=1S/C22H26N4OS/c1-15(2)16(3)23-22(27)21(13-17-7-5-4-6-8-17)26-14-20(24-25-26)18-9-11-19(28)12-10-18/h4-12,14-16,21,28H,13H2,1-3H3,(H,23,27)/t16-,21+/m1/s1. The van der Waals surface area contributed by atoms with Crippen molar-refractivity contribution in [1.29, 1.82) is 0 Å². The second-order valence-corrected chi connectivity index (χ2v) is 7.89. The molecule has 6 heteroatoms. The van der Waals surface area contributed by atoms with Gasteiger partial charge in [-0.15, -0.1) is 17.7 Å². The highest BCUT2D eigenvalue weighted by atomic mass is 32.1. The van der Waals surface area contributed by atoms with Gasteiger partial charge in [0.25, 0.3) is 0 Å². The van der Waals surface area contributed by atoms with Gasteiger partial charge in [-0.25, -0.2) is 4.68 Å². The van der Waals surface area contributed by atoms with E-state index in [1.54, 1.807) is 4.68 Å². The molecule has 146 valence electrons. The van der Waals surface area contributed by atoms with E-state index in [0.717, 1.165) is 21.7 Å². The zero-order chi connectivity index (χ0) is 20.1. The Labute approximate surface area is 171 Å². The third-order valence-electron chi connectivity index (χ3n) is 4.94. The Bertz CT molecular complexity index is 906. The second kappa shape index (κ2) is 9.06. The van der Waals surface area contributed by atoms with Gasteiger partial charge in [0.05, 0.1) is 6.20 Å². The lowest BCUT2D eigenvalue weighted by Gasteiger charge is -2.22. The first kappa shape index (κ1) is 20.1. The zero-order valence-corrected chi connectivity index (χ0v) is 17.3. The van der Waals surface area contributed by atoms with Gasteiger partial charge in [0.1, 0.15) is 11.7 Å². The molecule has 1 amide bonds. The van der Waals surface area contributed by atoms with Crippen LogP contribution >= 0.6 is 12.6 Å². The lowest BCUT2D eigenvalue weighted by atomic mass is 10.0. The van der Waals surface area contributed by atoms with Crippen LogP contribution in [-0.2, 0) is 11.2 Å². The summed E-state index contributed by atoms with van der Waals surface area (Å²) in [6.45, 7) is 6.21. The molecule has 0 saturated heterocycles. The first-order valence-electron chi connectivity index (χ1n) is 9.49. The molecule has 0 fully saturated rings. The maximum absolute atomic E-state index is 13.0. The van der Waals surface area contributed by atoms with Gasteiger partial charge in [-0.05, 0) is 30.5 Å². The molecule has 1 aromatic heterocycles. The highest BCUT2D eigenvalue weighted by molar-refractivity contribution is 7.80. The minimum Gasteiger partial charge on any atom is -0.352 e. The van der Waals surface area contributed by atoms with E-state index in [2.05, 4.69) is 42.1 Å². The fraction of sp³-hybridized carbons (Fsp3) is 0.318. The summed E-state index contributed by atoms with van der Waals surface area (Å²) in [4.78, 5) is 13.9. The number of thiol groups is 1. The predicted molar refractivity (Wildman–Crippen MR) is 114 cm³/mol. The molecular formula is C22H26N4OS. The second-order valence-electron chi connectivity index (χ2n) is 7.38. The number of rotatable bonds is 7. The summed E-state index contributed by atoms with van der Waals surface area (Å²) in [7, 11) is 0. The highest BCUT2D eigenvalue weighted by Gasteiger charge is 2.25. The predicted octanol–water partition coefficient (Wildman–Crippen LogP) is 4.18. The van der Waals surface area contributed by atoms with Gasteiger partial charge in [0.2, 0.25) is 5.91 Å². The molecular weight excluding hydrogens is 368 g/mol. The van der Waals surface area contributed by atoms with Crippen LogP contribution in [0.3, 0.4) is 0 Å². The van der Waals surface area contributed by atoms with Crippen LogP contribution < -0.4 is 5.32 Å². The Balaban J connectivity index is 1.87. The number of aromatic nitrogens is 3. The molecule has 3 aromatic rings. The third kappa shape index (κ3) is 5.01. The Morgan fingerprint density at radius 1 is 1.07 bits per heavy atom. The molecule has 5 nitrogen and oxygen atoms in total. The van der Waals surface area contributed by atoms with E-state index in [1.165, 1.54) is 0 Å². The van der Waals surface area contributed by atoms with Gasteiger partial charge >= 0.3 is 0 Å². The van der Waals surface area contributed by atoms with E-state index in [4.69, 9.17) is 0 Å². The van der Waals surface area contributed by atoms with Crippen LogP contribution in [0.25, 0.3) is 11.3 Å².